The van der Waals surface area contributed by atoms with E-state index in [2.05, 4.69) is 10.6 Å². The summed E-state index contributed by atoms with van der Waals surface area (Å²) in [4.78, 5) is 11.3. The maximum absolute atomic E-state index is 11.3. The highest BCUT2D eigenvalue weighted by Gasteiger charge is 2.14. The Bertz CT molecular complexity index is 360. The Morgan fingerprint density at radius 3 is 2.75 bits per heavy atom. The molecule has 1 aromatic heterocycles. The summed E-state index contributed by atoms with van der Waals surface area (Å²) < 4.78 is 5.39. The molecule has 0 saturated heterocycles. The van der Waals surface area contributed by atoms with E-state index in [9.17, 15) is 4.79 Å². The van der Waals surface area contributed by atoms with Gasteiger partial charge in [-0.2, -0.15) is 0 Å². The van der Waals surface area contributed by atoms with Gasteiger partial charge in [-0.25, -0.2) is 4.79 Å². The van der Waals surface area contributed by atoms with Crippen LogP contribution in [-0.2, 0) is 0 Å². The second-order valence-corrected chi connectivity index (χ2v) is 3.71. The number of aliphatic hydroxyl groups is 1. The van der Waals surface area contributed by atoms with Crippen LogP contribution in [0, 0.1) is 13.8 Å². The Labute approximate surface area is 94.8 Å². The number of hydrogen-bond donors (Lipinski definition) is 3. The van der Waals surface area contributed by atoms with Gasteiger partial charge in [-0.3, -0.25) is 0 Å². The van der Waals surface area contributed by atoms with Crippen LogP contribution in [0.1, 0.15) is 30.0 Å². The van der Waals surface area contributed by atoms with Crippen LogP contribution in [0.5, 0.6) is 0 Å². The molecule has 0 aromatic carbocycles. The van der Waals surface area contributed by atoms with Crippen LogP contribution < -0.4 is 10.6 Å². The van der Waals surface area contributed by atoms with Gasteiger partial charge in [0.1, 0.15) is 11.5 Å². The molecule has 3 N–H and O–H groups in total. The minimum absolute atomic E-state index is 0.0638. The summed E-state index contributed by atoms with van der Waals surface area (Å²) >= 11 is 0. The van der Waals surface area contributed by atoms with Gasteiger partial charge < -0.3 is 20.2 Å². The second-order valence-electron chi connectivity index (χ2n) is 3.71. The first kappa shape index (κ1) is 12.6. The Morgan fingerprint density at radius 1 is 1.56 bits per heavy atom. The van der Waals surface area contributed by atoms with E-state index in [1.807, 2.05) is 26.8 Å². The third-order valence-corrected chi connectivity index (χ3v) is 2.29. The number of aryl methyl sites for hydroxylation is 2. The Balaban J connectivity index is 2.55. The quantitative estimate of drug-likeness (QED) is 0.723. The highest BCUT2D eigenvalue weighted by molar-refractivity contribution is 5.74. The maximum atomic E-state index is 11.3. The molecule has 2 amide bonds. The summed E-state index contributed by atoms with van der Waals surface area (Å²) in [5.41, 5.74) is 0.969. The monoisotopic (exact) mass is 226 g/mol. The normalized spacial score (nSPS) is 12.2. The van der Waals surface area contributed by atoms with E-state index < -0.39 is 0 Å². The average Bonchev–Trinajstić information content (AvgIpc) is 2.54. The molecule has 0 aliphatic carbocycles. The van der Waals surface area contributed by atoms with Crippen molar-refractivity contribution in [2.45, 2.75) is 26.8 Å². The van der Waals surface area contributed by atoms with E-state index in [-0.39, 0.29) is 25.2 Å². The van der Waals surface area contributed by atoms with E-state index in [1.165, 1.54) is 0 Å². The molecular formula is C11H18N2O3. The molecule has 16 heavy (non-hydrogen) atoms. The number of amides is 2. The molecule has 0 fully saturated rings. The van der Waals surface area contributed by atoms with Crippen LogP contribution in [0.3, 0.4) is 0 Å². The molecule has 0 bridgehead atoms. The van der Waals surface area contributed by atoms with Crippen molar-refractivity contribution < 1.29 is 14.3 Å². The topological polar surface area (TPSA) is 74.5 Å². The molecule has 0 radical (unpaired) electrons. The van der Waals surface area contributed by atoms with Gasteiger partial charge in [0.15, 0.2) is 0 Å². The van der Waals surface area contributed by atoms with Gasteiger partial charge in [-0.05, 0) is 26.8 Å². The molecule has 0 spiro atoms. The summed E-state index contributed by atoms with van der Waals surface area (Å²) in [7, 11) is 0. The van der Waals surface area contributed by atoms with Gasteiger partial charge in [0.05, 0.1) is 12.6 Å². The minimum Gasteiger partial charge on any atom is -0.466 e. The number of furan rings is 1. The van der Waals surface area contributed by atoms with Crippen LogP contribution in [0.2, 0.25) is 0 Å². The van der Waals surface area contributed by atoms with Crippen LogP contribution in [-0.4, -0.2) is 24.3 Å². The highest BCUT2D eigenvalue weighted by atomic mass is 16.3. The lowest BCUT2D eigenvalue weighted by atomic mass is 10.1. The van der Waals surface area contributed by atoms with Gasteiger partial charge in [0, 0.05) is 12.1 Å². The van der Waals surface area contributed by atoms with E-state index in [4.69, 9.17) is 9.52 Å². The van der Waals surface area contributed by atoms with Gasteiger partial charge in [-0.1, -0.05) is 0 Å². The SMILES string of the molecule is Cc1cc(C(C)NC(=O)NCCO)c(C)o1. The molecule has 0 aliphatic heterocycles. The van der Waals surface area contributed by atoms with Crippen LogP contribution in [0.25, 0.3) is 0 Å². The standard InChI is InChI=1S/C11H18N2O3/c1-7-6-10(9(3)16-7)8(2)13-11(15)12-4-5-14/h6,8,14H,4-5H2,1-3H3,(H2,12,13,15). The van der Waals surface area contributed by atoms with Crippen LogP contribution in [0.15, 0.2) is 10.5 Å². The zero-order chi connectivity index (χ0) is 12.1. The van der Waals surface area contributed by atoms with Crippen molar-refractivity contribution in [3.8, 4) is 0 Å². The summed E-state index contributed by atoms with van der Waals surface area (Å²) in [5, 5.41) is 13.8. The summed E-state index contributed by atoms with van der Waals surface area (Å²) in [6, 6.07) is 1.50. The zero-order valence-corrected chi connectivity index (χ0v) is 9.83. The average molecular weight is 226 g/mol. The molecule has 90 valence electrons. The maximum Gasteiger partial charge on any atom is 0.315 e. The fourth-order valence-electron chi connectivity index (χ4n) is 1.58. The van der Waals surface area contributed by atoms with Crippen molar-refractivity contribution in [3.05, 3.63) is 23.2 Å². The molecule has 1 heterocycles. The van der Waals surface area contributed by atoms with Crippen molar-refractivity contribution in [3.63, 3.8) is 0 Å². The molecule has 1 unspecified atom stereocenters. The number of aliphatic hydroxyl groups excluding tert-OH is 1. The molecule has 0 saturated carbocycles. The zero-order valence-electron chi connectivity index (χ0n) is 9.83. The molecule has 5 nitrogen and oxygen atoms in total. The van der Waals surface area contributed by atoms with Gasteiger partial charge in [-0.15, -0.1) is 0 Å². The largest absolute Gasteiger partial charge is 0.466 e. The molecule has 1 aromatic rings. The summed E-state index contributed by atoms with van der Waals surface area (Å²) in [6.45, 7) is 5.81. The number of urea groups is 1. The lowest BCUT2D eigenvalue weighted by Gasteiger charge is -2.13. The smallest absolute Gasteiger partial charge is 0.315 e. The minimum atomic E-state index is -0.292. The van der Waals surface area contributed by atoms with Gasteiger partial charge >= 0.3 is 6.03 Å². The lowest BCUT2D eigenvalue weighted by molar-refractivity contribution is 0.231. The molecule has 1 rings (SSSR count). The predicted octanol–water partition coefficient (Wildman–Crippen LogP) is 1.25. The van der Waals surface area contributed by atoms with Crippen molar-refractivity contribution in [2.75, 3.05) is 13.2 Å². The number of carbonyl (C=O) groups excluding carboxylic acids is 1. The van der Waals surface area contributed by atoms with Crippen molar-refractivity contribution in [1.82, 2.24) is 10.6 Å². The van der Waals surface area contributed by atoms with Gasteiger partial charge in [0.2, 0.25) is 0 Å². The second kappa shape index (κ2) is 5.55. The molecular weight excluding hydrogens is 208 g/mol. The first-order chi connectivity index (χ1) is 7.54. The van der Waals surface area contributed by atoms with E-state index in [1.54, 1.807) is 0 Å². The summed E-state index contributed by atoms with van der Waals surface area (Å²) in [5.74, 6) is 1.64. The number of carbonyl (C=O) groups is 1. The van der Waals surface area contributed by atoms with Gasteiger partial charge in [0.25, 0.3) is 0 Å². The van der Waals surface area contributed by atoms with Crippen LogP contribution >= 0.6 is 0 Å². The number of rotatable bonds is 4. The van der Waals surface area contributed by atoms with E-state index in [0.29, 0.717) is 0 Å². The van der Waals surface area contributed by atoms with Crippen molar-refractivity contribution in [1.29, 1.82) is 0 Å². The molecule has 5 heteroatoms. The summed E-state index contributed by atoms with van der Waals surface area (Å²) in [6.07, 6.45) is 0. The predicted molar refractivity (Wildman–Crippen MR) is 60.2 cm³/mol. The van der Waals surface area contributed by atoms with Crippen LogP contribution in [0.4, 0.5) is 4.79 Å². The van der Waals surface area contributed by atoms with E-state index >= 15 is 0 Å². The molecule has 1 atom stereocenters. The van der Waals surface area contributed by atoms with Crippen molar-refractivity contribution in [2.24, 2.45) is 0 Å². The Hall–Kier alpha value is -1.49. The highest BCUT2D eigenvalue weighted by Crippen LogP contribution is 2.20. The first-order valence-corrected chi connectivity index (χ1v) is 5.26. The lowest BCUT2D eigenvalue weighted by Crippen LogP contribution is -2.38. The third kappa shape index (κ3) is 3.27. The number of hydrogen-bond acceptors (Lipinski definition) is 3. The first-order valence-electron chi connectivity index (χ1n) is 5.26. The van der Waals surface area contributed by atoms with E-state index in [0.717, 1.165) is 17.1 Å². The molecule has 0 aliphatic rings. The fourth-order valence-corrected chi connectivity index (χ4v) is 1.58. The fraction of sp³-hybridized carbons (Fsp3) is 0.545. The Kier molecular flexibility index (Phi) is 4.37. The van der Waals surface area contributed by atoms with Crippen molar-refractivity contribution >= 4 is 6.03 Å². The third-order valence-electron chi connectivity index (χ3n) is 2.29. The Morgan fingerprint density at radius 2 is 2.25 bits per heavy atom. The number of nitrogens with one attached hydrogen (secondary N) is 2.